The van der Waals surface area contributed by atoms with Gasteiger partial charge in [0.1, 0.15) is 24.1 Å². The van der Waals surface area contributed by atoms with Crippen LogP contribution in [0.1, 0.15) is 74.7 Å². The summed E-state index contributed by atoms with van der Waals surface area (Å²) >= 11 is 6.05. The van der Waals surface area contributed by atoms with Gasteiger partial charge in [0.25, 0.3) is 5.82 Å². The zero-order valence-electron chi connectivity index (χ0n) is 26.7. The minimum Gasteiger partial charge on any atom is -0.486 e. The number of nitrogens with zero attached hydrogens (tertiary/aromatic N) is 5. The third-order valence-corrected chi connectivity index (χ3v) is 9.25. The lowest BCUT2D eigenvalue weighted by Gasteiger charge is -2.31. The summed E-state index contributed by atoms with van der Waals surface area (Å²) in [6.45, 7) is 8.39. The first-order chi connectivity index (χ1) is 22.2. The molecule has 0 atom stereocenters. The van der Waals surface area contributed by atoms with Gasteiger partial charge in [0.15, 0.2) is 39.4 Å². The standard InChI is InChI=1S/C32H44ClN9O4/c1-3-37-32(45)40-15-11-21(12-16-40)42-25-18-23(46-19-22(43)17-20-9-13-36-14-10-20)5-6-24(25)41(4-2)27(42)8-7-26(44)28-30(34)39-31(35)29(33)38-28/h5-6,18,20-21,36H,3-4,7-17,19H2,1-2H3,(H4-,34,35,37,39,44,45)/p+1. The summed E-state index contributed by atoms with van der Waals surface area (Å²) in [5, 5.41) is 6.17. The number of halogens is 1. The van der Waals surface area contributed by atoms with Gasteiger partial charge in [-0.25, -0.2) is 23.9 Å². The average molecular weight is 655 g/mol. The predicted octanol–water partition coefficient (Wildman–Crippen LogP) is 3.08. The number of nitrogens with one attached hydrogen (secondary N) is 2. The molecule has 2 aliphatic rings. The van der Waals surface area contributed by atoms with E-state index in [-0.39, 0.29) is 59.1 Å². The van der Waals surface area contributed by atoms with E-state index in [0.29, 0.717) is 50.7 Å². The average Bonchev–Trinajstić information content (AvgIpc) is 3.37. The van der Waals surface area contributed by atoms with E-state index < -0.39 is 0 Å². The Morgan fingerprint density at radius 1 is 1.09 bits per heavy atom. The number of likely N-dealkylation sites (tertiary alicyclic amines) is 1. The van der Waals surface area contributed by atoms with Gasteiger partial charge in [-0.2, -0.15) is 0 Å². The van der Waals surface area contributed by atoms with Crippen molar-refractivity contribution in [1.82, 2.24) is 30.1 Å². The van der Waals surface area contributed by atoms with Crippen molar-refractivity contribution in [1.29, 1.82) is 0 Å². The van der Waals surface area contributed by atoms with Crippen LogP contribution in [0.25, 0.3) is 11.0 Å². The number of urea groups is 1. The Labute approximate surface area is 274 Å². The smallest absolute Gasteiger partial charge is 0.317 e. The van der Waals surface area contributed by atoms with E-state index in [2.05, 4.69) is 36.7 Å². The van der Waals surface area contributed by atoms with Crippen LogP contribution in [0.15, 0.2) is 18.2 Å². The number of fused-ring (bicyclic) bond motifs is 1. The van der Waals surface area contributed by atoms with Crippen LogP contribution < -0.4 is 31.4 Å². The van der Waals surface area contributed by atoms with E-state index in [1.54, 1.807) is 0 Å². The lowest BCUT2D eigenvalue weighted by molar-refractivity contribution is -0.676. The predicted molar refractivity (Wildman–Crippen MR) is 176 cm³/mol. The third kappa shape index (κ3) is 7.52. The molecule has 0 spiro atoms. The van der Waals surface area contributed by atoms with Crippen molar-refractivity contribution in [3.63, 3.8) is 0 Å². The Bertz CT molecular complexity index is 1580. The van der Waals surface area contributed by atoms with Gasteiger partial charge in [-0.05, 0) is 57.8 Å². The number of anilines is 2. The minimum absolute atomic E-state index is 0.00463. The Morgan fingerprint density at radius 3 is 2.52 bits per heavy atom. The summed E-state index contributed by atoms with van der Waals surface area (Å²) in [6, 6.07) is 5.93. The summed E-state index contributed by atoms with van der Waals surface area (Å²) in [4.78, 5) is 48.5. The van der Waals surface area contributed by atoms with Gasteiger partial charge in [-0.3, -0.25) is 9.59 Å². The maximum absolute atomic E-state index is 13.3. The number of imidazole rings is 1. The molecule has 2 amide bonds. The first-order valence-electron chi connectivity index (χ1n) is 16.3. The fourth-order valence-electron chi connectivity index (χ4n) is 6.65. The number of benzene rings is 1. The zero-order valence-corrected chi connectivity index (χ0v) is 27.4. The molecule has 5 rings (SSSR count). The van der Waals surface area contributed by atoms with Gasteiger partial charge in [-0.15, -0.1) is 0 Å². The largest absolute Gasteiger partial charge is 0.486 e. The van der Waals surface area contributed by atoms with Crippen LogP contribution in [0.2, 0.25) is 5.15 Å². The van der Waals surface area contributed by atoms with Crippen molar-refractivity contribution in [3.8, 4) is 5.75 Å². The number of carbonyl (C=O) groups is 3. The molecule has 13 nitrogen and oxygen atoms in total. The SMILES string of the molecule is CCNC(=O)N1CCC(n2c(CCC(=O)c3nc(Cl)c(N)nc3N)[n+](CC)c3ccc(OCC(=O)CC4CCNCC4)cc32)CC1. The lowest BCUT2D eigenvalue weighted by Crippen LogP contribution is -2.45. The number of aromatic nitrogens is 4. The van der Waals surface area contributed by atoms with Gasteiger partial charge < -0.3 is 31.7 Å². The maximum atomic E-state index is 13.3. The third-order valence-electron chi connectivity index (χ3n) is 8.97. The number of carbonyl (C=O) groups excluding carboxylic acids is 3. The monoisotopic (exact) mass is 654 g/mol. The number of ketones is 2. The van der Waals surface area contributed by atoms with E-state index in [9.17, 15) is 14.4 Å². The van der Waals surface area contributed by atoms with Gasteiger partial charge in [0.05, 0.1) is 13.0 Å². The van der Waals surface area contributed by atoms with E-state index in [1.807, 2.05) is 30.0 Å². The molecule has 2 saturated heterocycles. The first-order valence-corrected chi connectivity index (χ1v) is 16.6. The van der Waals surface area contributed by atoms with Gasteiger partial charge in [0, 0.05) is 51.4 Å². The molecule has 2 aliphatic heterocycles. The molecule has 0 aliphatic carbocycles. The molecule has 0 saturated carbocycles. The highest BCUT2D eigenvalue weighted by molar-refractivity contribution is 6.31. The molecule has 2 aromatic heterocycles. The molecule has 14 heteroatoms. The molecule has 248 valence electrons. The van der Waals surface area contributed by atoms with Gasteiger partial charge in [0.2, 0.25) is 0 Å². The normalized spacial score (nSPS) is 16.1. The van der Waals surface area contributed by atoms with Crippen LogP contribution in [0.4, 0.5) is 16.4 Å². The highest BCUT2D eigenvalue weighted by Crippen LogP contribution is 2.31. The van der Waals surface area contributed by atoms with Crippen molar-refractivity contribution < 1.29 is 23.7 Å². The quantitative estimate of drug-likeness (QED) is 0.169. The number of piperidine rings is 2. The number of nitrogens with two attached hydrogens (primary N) is 2. The highest BCUT2D eigenvalue weighted by atomic mass is 35.5. The molecule has 46 heavy (non-hydrogen) atoms. The van der Waals surface area contributed by atoms with Crippen LogP contribution >= 0.6 is 11.6 Å². The van der Waals surface area contributed by atoms with E-state index in [0.717, 1.165) is 55.6 Å². The molecule has 1 aromatic carbocycles. The zero-order chi connectivity index (χ0) is 32.8. The number of aryl methyl sites for hydroxylation is 1. The Balaban J connectivity index is 1.42. The molecule has 2 fully saturated rings. The summed E-state index contributed by atoms with van der Waals surface area (Å²) in [5.74, 6) is 1.74. The van der Waals surface area contributed by atoms with Crippen LogP contribution in [-0.2, 0) is 17.8 Å². The number of nitrogen functional groups attached to an aromatic ring is 2. The fraction of sp³-hybridized carbons (Fsp3) is 0.562. The van der Waals surface area contributed by atoms with Crippen molar-refractivity contribution >= 4 is 51.9 Å². The molecule has 0 unspecified atom stereocenters. The van der Waals surface area contributed by atoms with Gasteiger partial charge >= 0.3 is 6.03 Å². The lowest BCUT2D eigenvalue weighted by atomic mass is 9.93. The molecular weight excluding hydrogens is 610 g/mol. The number of hydrogen-bond donors (Lipinski definition) is 4. The molecule has 0 bridgehead atoms. The molecule has 4 heterocycles. The van der Waals surface area contributed by atoms with Gasteiger partial charge in [-0.1, -0.05) is 11.6 Å². The Kier molecular flexibility index (Phi) is 10.9. The van der Waals surface area contributed by atoms with E-state index in [4.69, 9.17) is 27.8 Å². The van der Waals surface area contributed by atoms with Crippen LogP contribution in [-0.4, -0.2) is 76.4 Å². The summed E-state index contributed by atoms with van der Waals surface area (Å²) in [6.07, 6.45) is 4.59. The minimum atomic E-state index is -0.284. The van der Waals surface area contributed by atoms with Crippen LogP contribution in [0.3, 0.4) is 0 Å². The Hall–Kier alpha value is -3.97. The topological polar surface area (TPSA) is 174 Å². The van der Waals surface area contributed by atoms with Crippen LogP contribution in [0.5, 0.6) is 5.75 Å². The second kappa shape index (κ2) is 15.1. The highest BCUT2D eigenvalue weighted by Gasteiger charge is 2.34. The second-order valence-electron chi connectivity index (χ2n) is 12.0. The van der Waals surface area contributed by atoms with Crippen molar-refractivity contribution in [3.05, 3.63) is 34.9 Å². The maximum Gasteiger partial charge on any atom is 0.317 e. The van der Waals surface area contributed by atoms with Crippen molar-refractivity contribution in [2.24, 2.45) is 5.92 Å². The number of rotatable bonds is 12. The molecule has 3 aromatic rings. The van der Waals surface area contributed by atoms with Crippen molar-refractivity contribution in [2.75, 3.05) is 50.8 Å². The van der Waals surface area contributed by atoms with Crippen molar-refractivity contribution in [2.45, 2.75) is 71.4 Å². The number of ether oxygens (including phenoxy) is 1. The summed E-state index contributed by atoms with van der Waals surface area (Å²) in [5.41, 5.74) is 13.7. The van der Waals surface area contributed by atoms with Crippen LogP contribution in [0, 0.1) is 5.92 Å². The molecular formula is C32H45ClN9O4+. The van der Waals surface area contributed by atoms with E-state index in [1.165, 1.54) is 0 Å². The summed E-state index contributed by atoms with van der Waals surface area (Å²) < 4.78 is 10.5. The first kappa shape index (κ1) is 33.4. The Morgan fingerprint density at radius 2 is 1.83 bits per heavy atom. The second-order valence-corrected chi connectivity index (χ2v) is 12.4. The molecule has 0 radical (unpaired) electrons. The molecule has 6 N–H and O–H groups in total. The number of Topliss-reactive ketones (excluding diaryl/α,β-unsaturated/α-hetero) is 2. The number of amides is 2. The number of hydrogen-bond acceptors (Lipinski definition) is 9. The fourth-order valence-corrected chi connectivity index (χ4v) is 6.78. The van der Waals surface area contributed by atoms with E-state index >= 15 is 0 Å². The summed E-state index contributed by atoms with van der Waals surface area (Å²) in [7, 11) is 0.